The first-order chi connectivity index (χ1) is 13.8. The molecule has 0 unspecified atom stereocenters. The van der Waals surface area contributed by atoms with Gasteiger partial charge in [0.25, 0.3) is 0 Å². The third-order valence-corrected chi connectivity index (χ3v) is 5.76. The SMILES string of the molecule is Clc1cc(-n2c3ccccc3c3c4ccccc4ccc32)nc2ccccc12. The van der Waals surface area contributed by atoms with Gasteiger partial charge in [0.05, 0.1) is 21.6 Å². The number of benzene rings is 4. The van der Waals surface area contributed by atoms with E-state index in [2.05, 4.69) is 65.2 Å². The van der Waals surface area contributed by atoms with Gasteiger partial charge in [-0.3, -0.25) is 4.57 Å². The zero-order chi connectivity index (χ0) is 18.7. The van der Waals surface area contributed by atoms with Crippen LogP contribution in [-0.4, -0.2) is 9.55 Å². The van der Waals surface area contributed by atoms with Gasteiger partial charge in [0, 0.05) is 22.2 Å². The van der Waals surface area contributed by atoms with Crippen LogP contribution >= 0.6 is 11.6 Å². The lowest BCUT2D eigenvalue weighted by Gasteiger charge is -2.10. The average molecular weight is 379 g/mol. The molecular weight excluding hydrogens is 364 g/mol. The molecule has 0 saturated carbocycles. The van der Waals surface area contributed by atoms with Crippen LogP contribution < -0.4 is 0 Å². The van der Waals surface area contributed by atoms with Crippen molar-refractivity contribution in [3.05, 3.63) is 96.0 Å². The maximum Gasteiger partial charge on any atom is 0.139 e. The molecule has 132 valence electrons. The van der Waals surface area contributed by atoms with Gasteiger partial charge >= 0.3 is 0 Å². The van der Waals surface area contributed by atoms with E-state index in [9.17, 15) is 0 Å². The van der Waals surface area contributed by atoms with Gasteiger partial charge < -0.3 is 0 Å². The number of halogens is 1. The molecule has 2 nitrogen and oxygen atoms in total. The van der Waals surface area contributed by atoms with Crippen molar-refractivity contribution in [3.8, 4) is 5.82 Å². The maximum atomic E-state index is 6.62. The van der Waals surface area contributed by atoms with E-state index >= 15 is 0 Å². The van der Waals surface area contributed by atoms with Gasteiger partial charge in [-0.2, -0.15) is 0 Å². The van der Waals surface area contributed by atoms with Crippen LogP contribution in [0.5, 0.6) is 0 Å². The van der Waals surface area contributed by atoms with Crippen molar-refractivity contribution in [1.82, 2.24) is 9.55 Å². The summed E-state index contributed by atoms with van der Waals surface area (Å²) >= 11 is 6.62. The molecule has 0 aliphatic heterocycles. The first-order valence-electron chi connectivity index (χ1n) is 9.28. The van der Waals surface area contributed by atoms with E-state index in [1.807, 2.05) is 30.3 Å². The summed E-state index contributed by atoms with van der Waals surface area (Å²) in [4.78, 5) is 4.94. The Kier molecular flexibility index (Phi) is 3.26. The smallest absolute Gasteiger partial charge is 0.139 e. The summed E-state index contributed by atoms with van der Waals surface area (Å²) in [6, 6.07) is 31.3. The summed E-state index contributed by atoms with van der Waals surface area (Å²) < 4.78 is 2.22. The Balaban J connectivity index is 1.82. The standard InChI is InChI=1S/C25H15ClN2/c26-20-15-24(27-21-11-5-3-9-18(20)21)28-22-12-6-4-10-19(22)25-17-8-2-1-7-16(17)13-14-23(25)28/h1-15H. The molecule has 28 heavy (non-hydrogen) atoms. The second-order valence-electron chi connectivity index (χ2n) is 7.01. The Morgan fingerprint density at radius 1 is 0.643 bits per heavy atom. The Labute approximate surface area is 166 Å². The van der Waals surface area contributed by atoms with Gasteiger partial charge in [-0.1, -0.05) is 78.3 Å². The molecule has 2 heterocycles. The van der Waals surface area contributed by atoms with Crippen molar-refractivity contribution in [1.29, 1.82) is 0 Å². The predicted molar refractivity (Wildman–Crippen MR) is 119 cm³/mol. The van der Waals surface area contributed by atoms with Crippen LogP contribution in [0.3, 0.4) is 0 Å². The molecule has 0 atom stereocenters. The fourth-order valence-electron chi connectivity index (χ4n) is 4.22. The van der Waals surface area contributed by atoms with Crippen LogP contribution in [0.4, 0.5) is 0 Å². The van der Waals surface area contributed by atoms with Crippen LogP contribution in [0.15, 0.2) is 91.0 Å². The van der Waals surface area contributed by atoms with Crippen molar-refractivity contribution in [2.45, 2.75) is 0 Å². The van der Waals surface area contributed by atoms with Crippen LogP contribution in [0.1, 0.15) is 0 Å². The fourth-order valence-corrected chi connectivity index (χ4v) is 4.48. The van der Waals surface area contributed by atoms with E-state index in [-0.39, 0.29) is 0 Å². The van der Waals surface area contributed by atoms with E-state index < -0.39 is 0 Å². The largest absolute Gasteiger partial charge is 0.294 e. The minimum Gasteiger partial charge on any atom is -0.294 e. The summed E-state index contributed by atoms with van der Waals surface area (Å²) in [6.07, 6.45) is 0. The minimum atomic E-state index is 0.715. The monoisotopic (exact) mass is 378 g/mol. The molecule has 3 heteroatoms. The van der Waals surface area contributed by atoms with Gasteiger partial charge in [-0.15, -0.1) is 0 Å². The second-order valence-corrected chi connectivity index (χ2v) is 7.42. The molecule has 0 fully saturated rings. The van der Waals surface area contributed by atoms with E-state index in [0.717, 1.165) is 27.8 Å². The molecule has 0 spiro atoms. The van der Waals surface area contributed by atoms with Crippen LogP contribution in [0.25, 0.3) is 49.3 Å². The van der Waals surface area contributed by atoms with Crippen LogP contribution in [0.2, 0.25) is 5.02 Å². The Bertz CT molecular complexity index is 1530. The van der Waals surface area contributed by atoms with Gasteiger partial charge in [0.15, 0.2) is 0 Å². The van der Waals surface area contributed by atoms with Crippen molar-refractivity contribution >= 4 is 55.1 Å². The van der Waals surface area contributed by atoms with E-state index in [1.165, 1.54) is 21.5 Å². The highest BCUT2D eigenvalue weighted by atomic mass is 35.5. The fraction of sp³-hybridized carbons (Fsp3) is 0. The molecule has 0 aliphatic carbocycles. The highest BCUT2D eigenvalue weighted by molar-refractivity contribution is 6.35. The topological polar surface area (TPSA) is 17.8 Å². The molecule has 2 aromatic heterocycles. The lowest BCUT2D eigenvalue weighted by molar-refractivity contribution is 1.10. The quantitative estimate of drug-likeness (QED) is 0.297. The molecule has 0 radical (unpaired) electrons. The van der Waals surface area contributed by atoms with Gasteiger partial charge in [0.1, 0.15) is 5.82 Å². The predicted octanol–water partition coefficient (Wildman–Crippen LogP) is 7.14. The lowest BCUT2D eigenvalue weighted by atomic mass is 10.0. The molecule has 4 aromatic carbocycles. The van der Waals surface area contributed by atoms with E-state index in [1.54, 1.807) is 0 Å². The first-order valence-corrected chi connectivity index (χ1v) is 9.66. The highest BCUT2D eigenvalue weighted by Gasteiger charge is 2.16. The number of aromatic nitrogens is 2. The van der Waals surface area contributed by atoms with E-state index in [4.69, 9.17) is 16.6 Å². The first kappa shape index (κ1) is 15.7. The van der Waals surface area contributed by atoms with Crippen molar-refractivity contribution in [2.75, 3.05) is 0 Å². The highest BCUT2D eigenvalue weighted by Crippen LogP contribution is 2.37. The lowest BCUT2D eigenvalue weighted by Crippen LogP contribution is -1.98. The van der Waals surface area contributed by atoms with Crippen molar-refractivity contribution < 1.29 is 0 Å². The zero-order valence-electron chi connectivity index (χ0n) is 14.9. The van der Waals surface area contributed by atoms with Gasteiger partial charge in [0.2, 0.25) is 0 Å². The van der Waals surface area contributed by atoms with E-state index in [0.29, 0.717) is 5.02 Å². The van der Waals surface area contributed by atoms with Gasteiger partial charge in [-0.05, 0) is 29.0 Å². The summed E-state index contributed by atoms with van der Waals surface area (Å²) in [6.45, 7) is 0. The van der Waals surface area contributed by atoms with Gasteiger partial charge in [-0.25, -0.2) is 4.98 Å². The average Bonchev–Trinajstić information content (AvgIpc) is 3.08. The van der Waals surface area contributed by atoms with Crippen LogP contribution in [0, 0.1) is 0 Å². The summed E-state index contributed by atoms with van der Waals surface area (Å²) in [5.41, 5.74) is 3.17. The third kappa shape index (κ3) is 2.12. The van der Waals surface area contributed by atoms with Crippen molar-refractivity contribution in [3.63, 3.8) is 0 Å². The molecule has 0 aliphatic rings. The number of rotatable bonds is 1. The molecule has 0 saturated heterocycles. The number of nitrogens with zero attached hydrogens (tertiary/aromatic N) is 2. The van der Waals surface area contributed by atoms with Crippen LogP contribution in [-0.2, 0) is 0 Å². The molecule has 0 bridgehead atoms. The molecular formula is C25H15ClN2. The Morgan fingerprint density at radius 3 is 2.25 bits per heavy atom. The normalized spacial score (nSPS) is 11.8. The molecule has 0 amide bonds. The third-order valence-electron chi connectivity index (χ3n) is 5.44. The summed E-state index contributed by atoms with van der Waals surface area (Å²) in [5.74, 6) is 0.838. The Hall–Kier alpha value is -3.36. The Morgan fingerprint density at radius 2 is 1.36 bits per heavy atom. The number of para-hydroxylation sites is 2. The maximum absolute atomic E-state index is 6.62. The number of hydrogen-bond donors (Lipinski definition) is 0. The second kappa shape index (κ2) is 5.82. The minimum absolute atomic E-state index is 0.715. The number of fused-ring (bicyclic) bond motifs is 6. The van der Waals surface area contributed by atoms with Crippen molar-refractivity contribution in [2.24, 2.45) is 0 Å². The zero-order valence-corrected chi connectivity index (χ0v) is 15.7. The molecule has 0 N–H and O–H groups in total. The number of hydrogen-bond acceptors (Lipinski definition) is 1. The number of pyridine rings is 1. The summed E-state index contributed by atoms with van der Waals surface area (Å²) in [5, 5.41) is 6.65. The molecule has 6 aromatic rings. The summed E-state index contributed by atoms with van der Waals surface area (Å²) in [7, 11) is 0. The molecule has 6 rings (SSSR count).